The number of fused-ring (bicyclic) bond motifs is 1. The zero-order valence-electron chi connectivity index (χ0n) is 17.0. The number of benzene rings is 2. The lowest BCUT2D eigenvalue weighted by atomic mass is 10.1. The number of rotatable bonds is 3. The van der Waals surface area contributed by atoms with Gasteiger partial charge in [-0.1, -0.05) is 24.3 Å². The lowest BCUT2D eigenvalue weighted by Gasteiger charge is -2.26. The highest BCUT2D eigenvalue weighted by molar-refractivity contribution is 5.95. The molecule has 1 N–H and O–H groups in total. The van der Waals surface area contributed by atoms with Crippen LogP contribution in [-0.4, -0.2) is 50.7 Å². The molecule has 4 rings (SSSR count). The number of likely N-dealkylation sites (tertiary alicyclic amines) is 1. The molecule has 6 nitrogen and oxygen atoms in total. The molecule has 2 heterocycles. The maximum atomic E-state index is 13.2. The molecule has 0 bridgehead atoms. The highest BCUT2D eigenvalue weighted by Gasteiger charge is 2.38. The van der Waals surface area contributed by atoms with E-state index in [1.807, 2.05) is 33.7 Å². The summed E-state index contributed by atoms with van der Waals surface area (Å²) in [7, 11) is 0. The minimum Gasteiger partial charge on any atom is -0.475 e. The number of alkyl halides is 3. The number of piperidine rings is 1. The van der Waals surface area contributed by atoms with Gasteiger partial charge in [0.1, 0.15) is 5.82 Å². The molecule has 0 aliphatic carbocycles. The van der Waals surface area contributed by atoms with Crippen molar-refractivity contribution in [2.24, 2.45) is 0 Å². The molecule has 170 valence electrons. The van der Waals surface area contributed by atoms with E-state index in [9.17, 15) is 22.4 Å². The standard InChI is InChI=1S/C20H20FN3O.C2HF3O2/c21-16-10-8-15(9-11-16)14-24-18-7-3-2-6-17(18)22-19(24)20(25)23-12-4-1-5-13-23;3-2(4,5)1(6)7/h2-3,6-11H,1,4-5,12-14H2;(H,6,7). The van der Waals surface area contributed by atoms with Crippen molar-refractivity contribution < 1.29 is 32.3 Å². The van der Waals surface area contributed by atoms with E-state index in [-0.39, 0.29) is 11.7 Å². The van der Waals surface area contributed by atoms with E-state index in [0.29, 0.717) is 12.4 Å². The van der Waals surface area contributed by atoms with Gasteiger partial charge >= 0.3 is 12.1 Å². The van der Waals surface area contributed by atoms with Gasteiger partial charge in [-0.15, -0.1) is 0 Å². The molecular weight excluding hydrogens is 430 g/mol. The summed E-state index contributed by atoms with van der Waals surface area (Å²) in [6.07, 6.45) is -1.82. The van der Waals surface area contributed by atoms with Gasteiger partial charge in [0.05, 0.1) is 11.0 Å². The number of amides is 1. The highest BCUT2D eigenvalue weighted by Crippen LogP contribution is 2.21. The van der Waals surface area contributed by atoms with Crippen LogP contribution in [0.1, 0.15) is 35.4 Å². The van der Waals surface area contributed by atoms with Gasteiger partial charge in [-0.3, -0.25) is 4.79 Å². The summed E-state index contributed by atoms with van der Waals surface area (Å²) < 4.78 is 46.9. The van der Waals surface area contributed by atoms with Crippen molar-refractivity contribution >= 4 is 22.9 Å². The van der Waals surface area contributed by atoms with Crippen LogP contribution in [0.2, 0.25) is 0 Å². The molecule has 1 fully saturated rings. The number of carbonyl (C=O) groups excluding carboxylic acids is 1. The van der Waals surface area contributed by atoms with Crippen LogP contribution in [0.15, 0.2) is 48.5 Å². The second-order valence-electron chi connectivity index (χ2n) is 7.29. The molecule has 0 unspecified atom stereocenters. The Morgan fingerprint density at radius 2 is 1.56 bits per heavy atom. The Morgan fingerprint density at radius 1 is 0.969 bits per heavy atom. The van der Waals surface area contributed by atoms with Crippen molar-refractivity contribution in [2.45, 2.75) is 32.0 Å². The molecule has 1 aliphatic heterocycles. The molecule has 0 spiro atoms. The van der Waals surface area contributed by atoms with E-state index in [1.54, 1.807) is 12.1 Å². The summed E-state index contributed by atoms with van der Waals surface area (Å²) in [4.78, 5) is 28.4. The first-order valence-electron chi connectivity index (χ1n) is 9.96. The average Bonchev–Trinajstić information content (AvgIpc) is 3.13. The maximum Gasteiger partial charge on any atom is 0.490 e. The molecule has 0 radical (unpaired) electrons. The third kappa shape index (κ3) is 5.63. The van der Waals surface area contributed by atoms with Crippen molar-refractivity contribution in [3.05, 3.63) is 65.7 Å². The van der Waals surface area contributed by atoms with Crippen molar-refractivity contribution in [1.29, 1.82) is 0 Å². The molecule has 0 atom stereocenters. The molecule has 10 heteroatoms. The second-order valence-corrected chi connectivity index (χ2v) is 7.29. The number of carboxylic acid groups (broad SMARTS) is 1. The van der Waals surface area contributed by atoms with Crippen LogP contribution in [0.3, 0.4) is 0 Å². The van der Waals surface area contributed by atoms with Gasteiger partial charge in [0.25, 0.3) is 5.91 Å². The Bertz CT molecular complexity index is 1090. The minimum absolute atomic E-state index is 0.0157. The van der Waals surface area contributed by atoms with Gasteiger partial charge in [-0.05, 0) is 49.1 Å². The van der Waals surface area contributed by atoms with E-state index in [0.717, 1.165) is 42.5 Å². The first-order chi connectivity index (χ1) is 15.2. The van der Waals surface area contributed by atoms with E-state index in [4.69, 9.17) is 9.90 Å². The van der Waals surface area contributed by atoms with Crippen LogP contribution in [0.5, 0.6) is 0 Å². The SMILES string of the molecule is O=C(O)C(F)(F)F.O=C(c1nc2ccccc2n1Cc1ccc(F)cc1)N1CCCCC1. The summed E-state index contributed by atoms with van der Waals surface area (Å²) in [5, 5.41) is 7.12. The number of para-hydroxylation sites is 2. The summed E-state index contributed by atoms with van der Waals surface area (Å²) in [5.74, 6) is -2.57. The molecule has 2 aromatic carbocycles. The molecule has 32 heavy (non-hydrogen) atoms. The van der Waals surface area contributed by atoms with Crippen LogP contribution >= 0.6 is 0 Å². The van der Waals surface area contributed by atoms with Crippen LogP contribution in [0, 0.1) is 5.82 Å². The number of carbonyl (C=O) groups is 2. The average molecular weight is 451 g/mol. The highest BCUT2D eigenvalue weighted by atomic mass is 19.4. The number of hydrogen-bond donors (Lipinski definition) is 1. The van der Waals surface area contributed by atoms with Gasteiger partial charge in [0.2, 0.25) is 5.82 Å². The summed E-state index contributed by atoms with van der Waals surface area (Å²) in [6.45, 7) is 2.08. The van der Waals surface area contributed by atoms with Gasteiger partial charge in [-0.2, -0.15) is 13.2 Å². The van der Waals surface area contributed by atoms with Gasteiger partial charge in [-0.25, -0.2) is 14.2 Å². The van der Waals surface area contributed by atoms with Crippen molar-refractivity contribution in [3.63, 3.8) is 0 Å². The number of aliphatic carboxylic acids is 1. The summed E-state index contributed by atoms with van der Waals surface area (Å²) in [6, 6.07) is 14.1. The monoisotopic (exact) mass is 451 g/mol. The van der Waals surface area contributed by atoms with Crippen molar-refractivity contribution in [1.82, 2.24) is 14.5 Å². The van der Waals surface area contributed by atoms with E-state index < -0.39 is 12.1 Å². The minimum atomic E-state index is -5.08. The molecule has 1 amide bonds. The molecule has 3 aromatic rings. The predicted octanol–water partition coefficient (Wildman–Crippen LogP) is 4.48. The molecule has 1 aromatic heterocycles. The van der Waals surface area contributed by atoms with Crippen LogP contribution in [0.4, 0.5) is 17.6 Å². The van der Waals surface area contributed by atoms with E-state index >= 15 is 0 Å². The first kappa shape index (κ1) is 23.2. The quantitative estimate of drug-likeness (QED) is 0.596. The summed E-state index contributed by atoms with van der Waals surface area (Å²) in [5.41, 5.74) is 2.68. The predicted molar refractivity (Wildman–Crippen MR) is 109 cm³/mol. The fourth-order valence-electron chi connectivity index (χ4n) is 3.41. The molecular formula is C22H21F4N3O3. The van der Waals surface area contributed by atoms with Crippen molar-refractivity contribution in [2.75, 3.05) is 13.1 Å². The number of halogens is 4. The van der Waals surface area contributed by atoms with Crippen LogP contribution in [-0.2, 0) is 11.3 Å². The molecule has 0 saturated carbocycles. The van der Waals surface area contributed by atoms with E-state index in [2.05, 4.69) is 4.98 Å². The number of carboxylic acids is 1. The normalized spacial score (nSPS) is 14.1. The Labute approximate surface area is 181 Å². The number of hydrogen-bond acceptors (Lipinski definition) is 3. The fraction of sp³-hybridized carbons (Fsp3) is 0.318. The van der Waals surface area contributed by atoms with Crippen LogP contribution in [0.25, 0.3) is 11.0 Å². The number of imidazole rings is 1. The number of nitrogens with zero attached hydrogens (tertiary/aromatic N) is 3. The Hall–Kier alpha value is -3.43. The van der Waals surface area contributed by atoms with Crippen LogP contribution < -0.4 is 0 Å². The van der Waals surface area contributed by atoms with E-state index in [1.165, 1.54) is 18.6 Å². The Morgan fingerprint density at radius 3 is 2.16 bits per heavy atom. The molecule has 1 aliphatic rings. The third-order valence-corrected chi connectivity index (χ3v) is 4.99. The zero-order valence-corrected chi connectivity index (χ0v) is 17.0. The zero-order chi connectivity index (χ0) is 23.3. The largest absolute Gasteiger partial charge is 0.490 e. The summed E-state index contributed by atoms with van der Waals surface area (Å²) >= 11 is 0. The van der Waals surface area contributed by atoms with Gasteiger partial charge in [0, 0.05) is 19.6 Å². The lowest BCUT2D eigenvalue weighted by Crippen LogP contribution is -2.37. The maximum absolute atomic E-state index is 13.2. The third-order valence-electron chi connectivity index (χ3n) is 4.99. The van der Waals surface area contributed by atoms with Gasteiger partial charge in [0.15, 0.2) is 0 Å². The molecule has 1 saturated heterocycles. The Balaban J connectivity index is 0.000000360. The second kappa shape index (κ2) is 9.80. The number of aromatic nitrogens is 2. The first-order valence-corrected chi connectivity index (χ1v) is 9.96. The lowest BCUT2D eigenvalue weighted by molar-refractivity contribution is -0.192. The Kier molecular flexibility index (Phi) is 7.12. The van der Waals surface area contributed by atoms with Crippen molar-refractivity contribution in [3.8, 4) is 0 Å². The topological polar surface area (TPSA) is 75.4 Å². The van der Waals surface area contributed by atoms with Gasteiger partial charge < -0.3 is 14.6 Å². The fourth-order valence-corrected chi connectivity index (χ4v) is 3.41. The smallest absolute Gasteiger partial charge is 0.475 e.